The van der Waals surface area contributed by atoms with Gasteiger partial charge in [0, 0.05) is 10.0 Å². The number of hydrogen-bond donors (Lipinski definition) is 1. The van der Waals surface area contributed by atoms with E-state index in [0.29, 0.717) is 5.56 Å². The molecule has 1 heterocycles. The van der Waals surface area contributed by atoms with Crippen molar-refractivity contribution in [3.05, 3.63) is 52.0 Å². The van der Waals surface area contributed by atoms with Gasteiger partial charge in [0.1, 0.15) is 5.82 Å². The van der Waals surface area contributed by atoms with Crippen molar-refractivity contribution >= 4 is 27.0 Å². The Balaban J connectivity index is 2.21. The average molecular weight is 312 g/mol. The Morgan fingerprint density at radius 1 is 1.26 bits per heavy atom. The highest BCUT2D eigenvalue weighted by Gasteiger charge is 2.08. The molecule has 3 nitrogen and oxygen atoms in total. The van der Waals surface area contributed by atoms with Crippen LogP contribution in [-0.2, 0) is 0 Å². The molecule has 0 fully saturated rings. The third-order valence-corrected chi connectivity index (χ3v) is 3.46. The van der Waals surface area contributed by atoms with Gasteiger partial charge >= 0.3 is 0 Å². The Morgan fingerprint density at radius 3 is 2.89 bits per heavy atom. The van der Waals surface area contributed by atoms with E-state index in [0.717, 1.165) is 32.5 Å². The van der Waals surface area contributed by atoms with Crippen molar-refractivity contribution in [1.29, 1.82) is 5.26 Å². The quantitative estimate of drug-likeness (QED) is 0.733. The first-order valence-electron chi connectivity index (χ1n) is 5.84. The molecule has 0 aliphatic carbocycles. The number of fused-ring (bicyclic) bond motifs is 1. The summed E-state index contributed by atoms with van der Waals surface area (Å²) >= 11 is 3.48. The van der Waals surface area contributed by atoms with Crippen molar-refractivity contribution in [2.45, 2.75) is 6.92 Å². The Hall–Kier alpha value is -2.12. The Bertz CT molecular complexity index is 812. The highest BCUT2D eigenvalue weighted by Crippen LogP contribution is 2.26. The van der Waals surface area contributed by atoms with Crippen LogP contribution in [0.5, 0.6) is 0 Å². The number of halogens is 1. The molecule has 4 heteroatoms. The van der Waals surface area contributed by atoms with E-state index in [9.17, 15) is 0 Å². The van der Waals surface area contributed by atoms with Crippen LogP contribution in [0.3, 0.4) is 0 Å². The molecule has 0 aliphatic heterocycles. The lowest BCUT2D eigenvalue weighted by molar-refractivity contribution is 1.33. The summed E-state index contributed by atoms with van der Waals surface area (Å²) < 4.78 is 1.03. The van der Waals surface area contributed by atoms with Crippen LogP contribution in [0.15, 0.2) is 40.9 Å². The van der Waals surface area contributed by atoms with Crippen LogP contribution in [0.1, 0.15) is 11.1 Å². The highest BCUT2D eigenvalue weighted by molar-refractivity contribution is 9.10. The number of aromatic nitrogens is 2. The largest absolute Gasteiger partial charge is 0.338 e. The van der Waals surface area contributed by atoms with Gasteiger partial charge in [-0.15, -0.1) is 0 Å². The zero-order valence-corrected chi connectivity index (χ0v) is 11.8. The molecular weight excluding hydrogens is 302 g/mol. The van der Waals surface area contributed by atoms with Crippen LogP contribution in [0.4, 0.5) is 0 Å². The SMILES string of the molecule is Cc1cc(Br)cc2[nH]c(-c3cccc(C#N)c3)nc12. The van der Waals surface area contributed by atoms with Crippen LogP contribution in [-0.4, -0.2) is 9.97 Å². The molecule has 0 spiro atoms. The van der Waals surface area contributed by atoms with Gasteiger partial charge in [0.15, 0.2) is 0 Å². The molecule has 0 saturated carbocycles. The molecular formula is C15H10BrN3. The summed E-state index contributed by atoms with van der Waals surface area (Å²) in [6.45, 7) is 2.03. The van der Waals surface area contributed by atoms with E-state index in [1.54, 1.807) is 6.07 Å². The molecule has 3 aromatic rings. The summed E-state index contributed by atoms with van der Waals surface area (Å²) in [5.41, 5.74) is 4.62. The van der Waals surface area contributed by atoms with Crippen molar-refractivity contribution in [3.8, 4) is 17.5 Å². The van der Waals surface area contributed by atoms with Gasteiger partial charge in [-0.2, -0.15) is 5.26 Å². The summed E-state index contributed by atoms with van der Waals surface area (Å²) in [5, 5.41) is 8.94. The number of nitrogens with zero attached hydrogens (tertiary/aromatic N) is 2. The second kappa shape index (κ2) is 4.52. The van der Waals surface area contributed by atoms with Gasteiger partial charge in [-0.1, -0.05) is 28.1 Å². The maximum absolute atomic E-state index is 8.94. The van der Waals surface area contributed by atoms with Gasteiger partial charge in [-0.3, -0.25) is 0 Å². The molecule has 0 bridgehead atoms. The van der Waals surface area contributed by atoms with Crippen molar-refractivity contribution in [2.75, 3.05) is 0 Å². The van der Waals surface area contributed by atoms with E-state index in [1.807, 2.05) is 37.3 Å². The molecule has 0 saturated heterocycles. The minimum absolute atomic E-state index is 0.635. The Morgan fingerprint density at radius 2 is 2.11 bits per heavy atom. The minimum atomic E-state index is 0.635. The summed E-state index contributed by atoms with van der Waals surface area (Å²) in [6, 6.07) is 13.6. The van der Waals surface area contributed by atoms with Crippen LogP contribution in [0.2, 0.25) is 0 Å². The van der Waals surface area contributed by atoms with Gasteiger partial charge < -0.3 is 4.98 Å². The number of imidazole rings is 1. The van der Waals surface area contributed by atoms with Crippen LogP contribution < -0.4 is 0 Å². The van der Waals surface area contributed by atoms with Gasteiger partial charge in [-0.05, 0) is 36.8 Å². The fraction of sp³-hybridized carbons (Fsp3) is 0.0667. The number of benzene rings is 2. The van der Waals surface area contributed by atoms with Crippen molar-refractivity contribution < 1.29 is 0 Å². The maximum atomic E-state index is 8.94. The second-order valence-corrected chi connectivity index (χ2v) is 5.31. The van der Waals surface area contributed by atoms with Crippen LogP contribution in [0, 0.1) is 18.3 Å². The molecule has 3 rings (SSSR count). The van der Waals surface area contributed by atoms with E-state index >= 15 is 0 Å². The van der Waals surface area contributed by atoms with Crippen molar-refractivity contribution in [2.24, 2.45) is 0 Å². The summed E-state index contributed by atoms with van der Waals surface area (Å²) in [5.74, 6) is 0.785. The molecule has 1 aromatic heterocycles. The predicted molar refractivity (Wildman–Crippen MR) is 78.7 cm³/mol. The first-order chi connectivity index (χ1) is 9.17. The minimum Gasteiger partial charge on any atom is -0.338 e. The molecule has 19 heavy (non-hydrogen) atoms. The number of H-pyrrole nitrogens is 1. The second-order valence-electron chi connectivity index (χ2n) is 4.40. The monoisotopic (exact) mass is 311 g/mol. The van der Waals surface area contributed by atoms with E-state index in [-0.39, 0.29) is 0 Å². The molecule has 0 amide bonds. The highest BCUT2D eigenvalue weighted by atomic mass is 79.9. The van der Waals surface area contributed by atoms with Crippen LogP contribution in [0.25, 0.3) is 22.4 Å². The number of aromatic amines is 1. The van der Waals surface area contributed by atoms with E-state index in [4.69, 9.17) is 5.26 Å². The van der Waals surface area contributed by atoms with Crippen molar-refractivity contribution in [3.63, 3.8) is 0 Å². The molecule has 0 atom stereocenters. The Labute approximate surface area is 119 Å². The summed E-state index contributed by atoms with van der Waals surface area (Å²) in [7, 11) is 0. The van der Waals surface area contributed by atoms with Crippen molar-refractivity contribution in [1.82, 2.24) is 9.97 Å². The summed E-state index contributed by atoms with van der Waals surface area (Å²) in [4.78, 5) is 7.91. The van der Waals surface area contributed by atoms with Gasteiger partial charge in [0.2, 0.25) is 0 Å². The van der Waals surface area contributed by atoms with Gasteiger partial charge in [0.05, 0.1) is 22.7 Å². The van der Waals surface area contributed by atoms with Gasteiger partial charge in [-0.25, -0.2) is 4.98 Å². The number of nitrogens with one attached hydrogen (secondary N) is 1. The fourth-order valence-corrected chi connectivity index (χ4v) is 2.69. The number of rotatable bonds is 1. The van der Waals surface area contributed by atoms with Gasteiger partial charge in [0.25, 0.3) is 0 Å². The Kier molecular flexibility index (Phi) is 2.84. The van der Waals surface area contributed by atoms with Crippen LogP contribution >= 0.6 is 15.9 Å². The smallest absolute Gasteiger partial charge is 0.138 e. The maximum Gasteiger partial charge on any atom is 0.138 e. The van der Waals surface area contributed by atoms with E-state index in [2.05, 4.69) is 32.0 Å². The zero-order chi connectivity index (χ0) is 13.4. The molecule has 0 aliphatic rings. The average Bonchev–Trinajstić information content (AvgIpc) is 2.83. The molecule has 1 N–H and O–H groups in total. The lowest BCUT2D eigenvalue weighted by atomic mass is 10.1. The molecule has 0 radical (unpaired) electrons. The lowest BCUT2D eigenvalue weighted by Crippen LogP contribution is -1.82. The number of nitriles is 1. The standard InChI is InChI=1S/C15H10BrN3/c1-9-5-12(16)7-13-14(9)19-15(18-13)11-4-2-3-10(6-11)8-17/h2-7H,1H3,(H,18,19). The number of hydrogen-bond acceptors (Lipinski definition) is 2. The normalized spacial score (nSPS) is 10.6. The third kappa shape index (κ3) is 2.13. The summed E-state index contributed by atoms with van der Waals surface area (Å²) in [6.07, 6.45) is 0. The molecule has 2 aromatic carbocycles. The van der Waals surface area contributed by atoms with E-state index in [1.165, 1.54) is 0 Å². The topological polar surface area (TPSA) is 52.5 Å². The third-order valence-electron chi connectivity index (χ3n) is 3.01. The number of aryl methyl sites for hydroxylation is 1. The molecule has 92 valence electrons. The van der Waals surface area contributed by atoms with E-state index < -0.39 is 0 Å². The first-order valence-corrected chi connectivity index (χ1v) is 6.63. The molecule has 0 unspecified atom stereocenters. The lowest BCUT2D eigenvalue weighted by Gasteiger charge is -1.96. The predicted octanol–water partition coefficient (Wildman–Crippen LogP) is 4.17. The fourth-order valence-electron chi connectivity index (χ4n) is 2.12. The zero-order valence-electron chi connectivity index (χ0n) is 10.2. The first kappa shape index (κ1) is 11.9.